The van der Waals surface area contributed by atoms with Crippen molar-refractivity contribution in [2.75, 3.05) is 12.8 Å². The van der Waals surface area contributed by atoms with E-state index in [4.69, 9.17) is 5.73 Å². The first-order valence-corrected chi connectivity index (χ1v) is 3.74. The Balaban J connectivity index is 3.47. The lowest BCUT2D eigenvalue weighted by atomic mass is 10.2. The highest BCUT2D eigenvalue weighted by molar-refractivity contribution is 5.53. The zero-order chi connectivity index (χ0) is 11.6. The molecule has 1 rings (SSSR count). The Morgan fingerprint density at radius 3 is 2.67 bits per heavy atom. The van der Waals surface area contributed by atoms with Crippen LogP contribution < -0.4 is 10.5 Å². The fraction of sp³-hybridized carbons (Fsp3) is 0.286. The molecule has 2 N–H and O–H groups in total. The lowest BCUT2D eigenvalue weighted by Crippen LogP contribution is -2.04. The fourth-order valence-corrected chi connectivity index (χ4v) is 1.05. The van der Waals surface area contributed by atoms with Crippen molar-refractivity contribution in [3.05, 3.63) is 21.7 Å². The number of rotatable bonds is 3. The zero-order valence-electron chi connectivity index (χ0n) is 7.61. The fourth-order valence-electron chi connectivity index (χ4n) is 1.05. The van der Waals surface area contributed by atoms with Crippen molar-refractivity contribution in [3.8, 4) is 5.88 Å². The Morgan fingerprint density at radius 1 is 1.67 bits per heavy atom. The average Bonchev–Trinajstić information content (AvgIpc) is 2.15. The van der Waals surface area contributed by atoms with Crippen LogP contribution in [0.25, 0.3) is 0 Å². The molecule has 1 aromatic rings. The molecule has 0 bridgehead atoms. The van der Waals surface area contributed by atoms with Gasteiger partial charge >= 0.3 is 0 Å². The number of nitro groups is 1. The van der Waals surface area contributed by atoms with Gasteiger partial charge in [0.05, 0.1) is 18.1 Å². The predicted molar refractivity (Wildman–Crippen MR) is 46.8 cm³/mol. The molecule has 1 heterocycles. The summed E-state index contributed by atoms with van der Waals surface area (Å²) in [6.07, 6.45) is -3.05. The van der Waals surface area contributed by atoms with E-state index in [-0.39, 0.29) is 5.82 Å². The van der Waals surface area contributed by atoms with Crippen LogP contribution in [0.1, 0.15) is 12.0 Å². The number of nitrogens with two attached hydrogens (primary N) is 1. The standard InChI is InChI=1S/C7H7F2N3O3/c1-15-7-5(6(8)9)3(12(13)14)2-4(10)11-7/h2,6H,1H3,(H2,10,11). The van der Waals surface area contributed by atoms with E-state index in [9.17, 15) is 18.9 Å². The summed E-state index contributed by atoms with van der Waals surface area (Å²) in [6, 6.07) is 0.768. The second-order valence-corrected chi connectivity index (χ2v) is 2.55. The number of methoxy groups -OCH3 is 1. The van der Waals surface area contributed by atoms with Crippen molar-refractivity contribution in [2.24, 2.45) is 0 Å². The highest BCUT2D eigenvalue weighted by atomic mass is 19.3. The first-order chi connectivity index (χ1) is 6.97. The van der Waals surface area contributed by atoms with Gasteiger partial charge in [-0.2, -0.15) is 4.98 Å². The van der Waals surface area contributed by atoms with Crippen LogP contribution in [-0.2, 0) is 0 Å². The maximum atomic E-state index is 12.5. The molecule has 82 valence electrons. The van der Waals surface area contributed by atoms with Gasteiger partial charge in [0.25, 0.3) is 12.1 Å². The lowest BCUT2D eigenvalue weighted by molar-refractivity contribution is -0.386. The van der Waals surface area contributed by atoms with Gasteiger partial charge in [-0.3, -0.25) is 10.1 Å². The second kappa shape index (κ2) is 4.03. The van der Waals surface area contributed by atoms with Crippen LogP contribution >= 0.6 is 0 Å². The van der Waals surface area contributed by atoms with E-state index in [0.29, 0.717) is 0 Å². The number of ether oxygens (including phenoxy) is 1. The van der Waals surface area contributed by atoms with Crippen LogP contribution in [-0.4, -0.2) is 17.0 Å². The van der Waals surface area contributed by atoms with Gasteiger partial charge in [0, 0.05) is 0 Å². The third-order valence-corrected chi connectivity index (χ3v) is 1.63. The van der Waals surface area contributed by atoms with Crippen LogP contribution in [0.15, 0.2) is 6.07 Å². The maximum Gasteiger partial charge on any atom is 0.287 e. The first-order valence-electron chi connectivity index (χ1n) is 3.74. The lowest BCUT2D eigenvalue weighted by Gasteiger charge is -2.07. The molecule has 0 aliphatic carbocycles. The summed E-state index contributed by atoms with van der Waals surface area (Å²) in [7, 11) is 1.08. The summed E-state index contributed by atoms with van der Waals surface area (Å²) < 4.78 is 29.5. The third-order valence-electron chi connectivity index (χ3n) is 1.63. The van der Waals surface area contributed by atoms with E-state index >= 15 is 0 Å². The molecule has 0 aliphatic heterocycles. The molecule has 0 amide bonds. The van der Waals surface area contributed by atoms with Crippen LogP contribution in [0.3, 0.4) is 0 Å². The number of aromatic nitrogens is 1. The van der Waals surface area contributed by atoms with Crippen molar-refractivity contribution < 1.29 is 18.4 Å². The molecule has 0 aliphatic rings. The summed E-state index contributed by atoms with van der Waals surface area (Å²) in [5, 5.41) is 10.5. The molecule has 15 heavy (non-hydrogen) atoms. The number of hydrogen-bond donors (Lipinski definition) is 1. The Morgan fingerprint density at radius 2 is 2.27 bits per heavy atom. The molecule has 0 aromatic carbocycles. The van der Waals surface area contributed by atoms with Gasteiger partial charge in [0.1, 0.15) is 5.82 Å². The van der Waals surface area contributed by atoms with Crippen LogP contribution in [0.5, 0.6) is 5.88 Å². The summed E-state index contributed by atoms with van der Waals surface area (Å²) in [6.45, 7) is 0. The SMILES string of the molecule is COc1nc(N)cc([N+](=O)[O-])c1C(F)F. The average molecular weight is 219 g/mol. The number of nitrogen functional groups attached to an aromatic ring is 1. The number of anilines is 1. The highest BCUT2D eigenvalue weighted by Gasteiger charge is 2.28. The summed E-state index contributed by atoms with van der Waals surface area (Å²) in [4.78, 5) is 13.0. The van der Waals surface area contributed by atoms with E-state index in [1.807, 2.05) is 0 Å². The molecule has 6 nitrogen and oxygen atoms in total. The molecular weight excluding hydrogens is 212 g/mol. The Bertz CT molecular complexity index is 397. The Labute approximate surface area is 82.8 Å². The minimum atomic E-state index is -3.05. The van der Waals surface area contributed by atoms with Gasteiger partial charge in [-0.05, 0) is 0 Å². The number of pyridine rings is 1. The number of alkyl halides is 2. The molecule has 0 radical (unpaired) electrons. The van der Waals surface area contributed by atoms with E-state index in [2.05, 4.69) is 9.72 Å². The van der Waals surface area contributed by atoms with Gasteiger partial charge < -0.3 is 10.5 Å². The summed E-state index contributed by atoms with van der Waals surface area (Å²) in [5.74, 6) is -0.778. The van der Waals surface area contributed by atoms with E-state index < -0.39 is 28.5 Å². The maximum absolute atomic E-state index is 12.5. The summed E-state index contributed by atoms with van der Waals surface area (Å²) >= 11 is 0. The van der Waals surface area contributed by atoms with E-state index in [0.717, 1.165) is 13.2 Å². The van der Waals surface area contributed by atoms with Crippen molar-refractivity contribution in [1.82, 2.24) is 4.98 Å². The molecular formula is C7H7F2N3O3. The van der Waals surface area contributed by atoms with E-state index in [1.165, 1.54) is 0 Å². The van der Waals surface area contributed by atoms with Crippen LogP contribution in [0, 0.1) is 10.1 Å². The predicted octanol–water partition coefficient (Wildman–Crippen LogP) is 1.52. The summed E-state index contributed by atoms with van der Waals surface area (Å²) in [5.41, 5.74) is 3.54. The quantitative estimate of drug-likeness (QED) is 0.614. The molecule has 0 atom stereocenters. The minimum Gasteiger partial charge on any atom is -0.480 e. The van der Waals surface area contributed by atoms with Crippen LogP contribution in [0.2, 0.25) is 0 Å². The molecule has 0 saturated heterocycles. The molecule has 0 fully saturated rings. The van der Waals surface area contributed by atoms with Gasteiger partial charge in [0.2, 0.25) is 5.88 Å². The number of halogens is 2. The monoisotopic (exact) mass is 219 g/mol. The molecule has 0 saturated carbocycles. The number of hydrogen-bond acceptors (Lipinski definition) is 5. The first kappa shape index (κ1) is 11.1. The van der Waals surface area contributed by atoms with Crippen LogP contribution in [0.4, 0.5) is 20.3 Å². The van der Waals surface area contributed by atoms with E-state index in [1.54, 1.807) is 0 Å². The topological polar surface area (TPSA) is 91.3 Å². The Hall–Kier alpha value is -1.99. The van der Waals surface area contributed by atoms with Gasteiger partial charge in [-0.25, -0.2) is 8.78 Å². The van der Waals surface area contributed by atoms with Crippen molar-refractivity contribution >= 4 is 11.5 Å². The van der Waals surface area contributed by atoms with Gasteiger partial charge in [-0.1, -0.05) is 0 Å². The largest absolute Gasteiger partial charge is 0.480 e. The minimum absolute atomic E-state index is 0.247. The highest BCUT2D eigenvalue weighted by Crippen LogP contribution is 2.36. The smallest absolute Gasteiger partial charge is 0.287 e. The van der Waals surface area contributed by atoms with Gasteiger partial charge in [-0.15, -0.1) is 0 Å². The van der Waals surface area contributed by atoms with Gasteiger partial charge in [0.15, 0.2) is 5.56 Å². The normalized spacial score (nSPS) is 10.4. The number of nitrogens with zero attached hydrogens (tertiary/aromatic N) is 2. The van der Waals surface area contributed by atoms with Crippen molar-refractivity contribution in [3.63, 3.8) is 0 Å². The zero-order valence-corrected chi connectivity index (χ0v) is 7.61. The molecule has 8 heteroatoms. The molecule has 0 spiro atoms. The Kier molecular flexibility index (Phi) is 2.98. The van der Waals surface area contributed by atoms with Crippen molar-refractivity contribution in [1.29, 1.82) is 0 Å². The third kappa shape index (κ3) is 2.09. The second-order valence-electron chi connectivity index (χ2n) is 2.55. The molecule has 1 aromatic heterocycles. The van der Waals surface area contributed by atoms with Crippen molar-refractivity contribution in [2.45, 2.75) is 6.43 Å². The molecule has 0 unspecified atom stereocenters.